The number of nitrogens with one attached hydrogen (secondary N) is 1. The Morgan fingerprint density at radius 3 is 2.36 bits per heavy atom. The van der Waals surface area contributed by atoms with Crippen molar-refractivity contribution in [1.82, 2.24) is 14.5 Å². The maximum absolute atomic E-state index is 11.7. The molecule has 3 aromatic carbocycles. The van der Waals surface area contributed by atoms with Crippen LogP contribution in [-0.4, -0.2) is 37.2 Å². The number of anilines is 3. The number of para-hydroxylation sites is 1. The molecule has 0 saturated heterocycles. The fourth-order valence-corrected chi connectivity index (χ4v) is 6.61. The molecule has 2 aromatic heterocycles. The Morgan fingerprint density at radius 1 is 0.976 bits per heavy atom. The number of aromatic nitrogens is 3. The predicted molar refractivity (Wildman–Crippen MR) is 163 cm³/mol. The fraction of sp³-hybridized carbons (Fsp3) is 0.107. The van der Waals surface area contributed by atoms with E-state index >= 15 is 0 Å². The molecule has 1 unspecified atom stereocenters. The van der Waals surface area contributed by atoms with Gasteiger partial charge in [-0.1, -0.05) is 35.6 Å². The quantitative estimate of drug-likeness (QED) is 0.199. The molecule has 1 aliphatic rings. The van der Waals surface area contributed by atoms with Crippen LogP contribution >= 0.6 is 23.6 Å². The summed E-state index contributed by atoms with van der Waals surface area (Å²) >= 11 is 7.00. The van der Waals surface area contributed by atoms with Crippen LogP contribution in [0, 0.1) is 4.77 Å². The molecule has 0 bridgehead atoms. The van der Waals surface area contributed by atoms with Gasteiger partial charge in [0.25, 0.3) is 0 Å². The number of primary sulfonamides is 1. The lowest BCUT2D eigenvalue weighted by Gasteiger charge is -2.27. The zero-order chi connectivity index (χ0) is 29.6. The van der Waals surface area contributed by atoms with E-state index < -0.39 is 15.9 Å². The summed E-state index contributed by atoms with van der Waals surface area (Å²) in [6.07, 6.45) is 0. The largest absolute Gasteiger partial charge is 0.493 e. The van der Waals surface area contributed by atoms with Crippen LogP contribution in [0.4, 0.5) is 16.6 Å². The van der Waals surface area contributed by atoms with Crippen LogP contribution in [0.25, 0.3) is 5.69 Å². The number of ether oxygens (including phenoxy) is 3. The van der Waals surface area contributed by atoms with Gasteiger partial charge >= 0.3 is 0 Å². The van der Waals surface area contributed by atoms with Crippen molar-refractivity contribution in [1.29, 1.82) is 0 Å². The van der Waals surface area contributed by atoms with E-state index in [9.17, 15) is 8.42 Å². The number of nitrogen functional groups attached to an aromatic ring is 1. The molecule has 3 heterocycles. The minimum atomic E-state index is -3.81. The average Bonchev–Trinajstić information content (AvgIpc) is 3.37. The number of thiazole rings is 1. The number of fused-ring (bicyclic) bond motifs is 2. The van der Waals surface area contributed by atoms with E-state index in [2.05, 4.69) is 15.3 Å². The monoisotopic (exact) mass is 620 g/mol. The molecule has 0 amide bonds. The van der Waals surface area contributed by atoms with Gasteiger partial charge < -0.3 is 25.3 Å². The average molecular weight is 621 g/mol. The van der Waals surface area contributed by atoms with Gasteiger partial charge in [-0.15, -0.1) is 0 Å². The Hall–Kier alpha value is -4.50. The van der Waals surface area contributed by atoms with Gasteiger partial charge in [-0.05, 0) is 66.3 Å². The van der Waals surface area contributed by atoms with Crippen molar-refractivity contribution >= 4 is 50.2 Å². The number of nitrogens with two attached hydrogens (primary N) is 2. The Kier molecular flexibility index (Phi) is 7.06. The molecular weight excluding hydrogens is 597 g/mol. The van der Waals surface area contributed by atoms with E-state index in [-0.39, 0.29) is 15.5 Å². The lowest BCUT2D eigenvalue weighted by atomic mass is 9.89. The van der Waals surface area contributed by atoms with Crippen molar-refractivity contribution < 1.29 is 22.6 Å². The van der Waals surface area contributed by atoms with Crippen molar-refractivity contribution in [2.75, 3.05) is 25.3 Å². The zero-order valence-electron chi connectivity index (χ0n) is 22.3. The molecule has 0 saturated carbocycles. The van der Waals surface area contributed by atoms with Gasteiger partial charge in [0.15, 0.2) is 16.6 Å². The van der Waals surface area contributed by atoms with Crippen molar-refractivity contribution in [2.45, 2.75) is 10.8 Å². The first kappa shape index (κ1) is 27.7. The molecule has 214 valence electrons. The van der Waals surface area contributed by atoms with Gasteiger partial charge in [-0.2, -0.15) is 9.97 Å². The van der Waals surface area contributed by atoms with Crippen molar-refractivity contribution in [3.8, 4) is 28.9 Å². The maximum atomic E-state index is 11.7. The molecule has 1 atom stereocenters. The van der Waals surface area contributed by atoms with Gasteiger partial charge in [0.1, 0.15) is 5.82 Å². The second kappa shape index (κ2) is 10.7. The van der Waals surface area contributed by atoms with Gasteiger partial charge in [-0.25, -0.2) is 13.6 Å². The number of sulfonamides is 1. The number of nitrogens with zero attached hydrogens (tertiary/aromatic N) is 3. The molecule has 1 aliphatic heterocycles. The third-order valence-electron chi connectivity index (χ3n) is 6.69. The molecular formula is C28H24N6O5S3. The Labute approximate surface area is 250 Å². The Bertz CT molecular complexity index is 1980. The van der Waals surface area contributed by atoms with Crippen LogP contribution in [0.15, 0.2) is 77.7 Å². The Morgan fingerprint density at radius 2 is 1.69 bits per heavy atom. The third-order valence-corrected chi connectivity index (χ3v) is 8.91. The summed E-state index contributed by atoms with van der Waals surface area (Å²) in [4.78, 5) is 10.1. The smallest absolute Gasteiger partial charge is 0.238 e. The molecule has 0 fully saturated rings. The molecule has 0 radical (unpaired) electrons. The summed E-state index contributed by atoms with van der Waals surface area (Å²) in [7, 11) is -0.666. The summed E-state index contributed by atoms with van der Waals surface area (Å²) in [5, 5.41) is 8.95. The maximum Gasteiger partial charge on any atom is 0.238 e. The first-order chi connectivity index (χ1) is 20.2. The van der Waals surface area contributed by atoms with Crippen LogP contribution in [0.2, 0.25) is 0 Å². The Balaban J connectivity index is 1.50. The normalized spacial score (nSPS) is 13.9. The number of methoxy groups -OCH3 is 2. The first-order valence-electron chi connectivity index (χ1n) is 12.5. The van der Waals surface area contributed by atoms with E-state index in [0.717, 1.165) is 16.1 Å². The molecule has 6 rings (SSSR count). The summed E-state index contributed by atoms with van der Waals surface area (Å²) in [5.74, 6) is 1.66. The van der Waals surface area contributed by atoms with Crippen molar-refractivity contribution in [3.63, 3.8) is 0 Å². The molecule has 0 spiro atoms. The van der Waals surface area contributed by atoms with Crippen LogP contribution in [0.1, 0.15) is 21.9 Å². The van der Waals surface area contributed by atoms with Gasteiger partial charge in [0, 0.05) is 11.4 Å². The highest BCUT2D eigenvalue weighted by atomic mass is 32.2. The van der Waals surface area contributed by atoms with Gasteiger partial charge in [0.05, 0.1) is 35.5 Å². The second-order valence-corrected chi connectivity index (χ2v) is 12.2. The molecule has 0 aliphatic carbocycles. The van der Waals surface area contributed by atoms with Gasteiger partial charge in [0.2, 0.25) is 26.6 Å². The molecule has 11 nitrogen and oxygen atoms in total. The molecule has 5 N–H and O–H groups in total. The van der Waals surface area contributed by atoms with Crippen LogP contribution in [-0.2, 0) is 10.0 Å². The van der Waals surface area contributed by atoms with E-state index in [0.29, 0.717) is 39.6 Å². The van der Waals surface area contributed by atoms with Crippen LogP contribution < -0.4 is 30.4 Å². The highest BCUT2D eigenvalue weighted by Crippen LogP contribution is 2.53. The molecule has 14 heteroatoms. The van der Waals surface area contributed by atoms with Crippen molar-refractivity contribution in [3.05, 3.63) is 93.6 Å². The summed E-state index contributed by atoms with van der Waals surface area (Å²) in [6, 6.07) is 21.2. The molecule has 42 heavy (non-hydrogen) atoms. The number of rotatable bonds is 7. The number of hydrogen-bond acceptors (Lipinski definition) is 11. The number of hydrogen-bond donors (Lipinski definition) is 3. The second-order valence-electron chi connectivity index (χ2n) is 9.20. The first-order valence-corrected chi connectivity index (χ1v) is 15.2. The lowest BCUT2D eigenvalue weighted by molar-refractivity contribution is 0.354. The van der Waals surface area contributed by atoms with Crippen LogP contribution in [0.3, 0.4) is 0 Å². The van der Waals surface area contributed by atoms with Gasteiger partial charge in [-0.3, -0.25) is 4.57 Å². The fourth-order valence-electron chi connectivity index (χ4n) is 4.76. The predicted octanol–water partition coefficient (Wildman–Crippen LogP) is 5.33. The number of benzene rings is 3. The minimum absolute atomic E-state index is 0.00627. The standard InChI is InChI=1S/C28H24N6O5S3/c1-37-19-13-8-15(14-20(19)38-2)21-22-24(29)34(17-6-4-3-5-7-17)28(40)33-25(22)39-26-23(21)41-27(32-26)31-16-9-11-18(12-10-16)42(30,35)36/h3-14,21H,29H2,1-2H3,(H,31,32)(H2,30,35,36). The lowest BCUT2D eigenvalue weighted by Crippen LogP contribution is -2.19. The van der Waals surface area contributed by atoms with E-state index in [1.54, 1.807) is 30.9 Å². The van der Waals surface area contributed by atoms with E-state index in [1.807, 2.05) is 48.5 Å². The minimum Gasteiger partial charge on any atom is -0.493 e. The zero-order valence-corrected chi connectivity index (χ0v) is 24.7. The van der Waals surface area contributed by atoms with E-state index in [4.69, 9.17) is 37.3 Å². The summed E-state index contributed by atoms with van der Waals surface area (Å²) in [5.41, 5.74) is 9.70. The SMILES string of the molecule is COc1ccc(C2c3sc(Nc4ccc(S(N)(=O)=O)cc4)nc3Oc3nc(=S)n(-c4ccccc4)c(N)c32)cc1OC. The summed E-state index contributed by atoms with van der Waals surface area (Å²) in [6.45, 7) is 0. The van der Waals surface area contributed by atoms with Crippen molar-refractivity contribution in [2.24, 2.45) is 5.14 Å². The topological polar surface area (TPSA) is 157 Å². The van der Waals surface area contributed by atoms with Crippen LogP contribution in [0.5, 0.6) is 23.3 Å². The highest BCUT2D eigenvalue weighted by molar-refractivity contribution is 7.89. The van der Waals surface area contributed by atoms with E-state index in [1.165, 1.54) is 23.5 Å². The highest BCUT2D eigenvalue weighted by Gasteiger charge is 2.37. The molecule has 5 aromatic rings. The summed E-state index contributed by atoms with van der Waals surface area (Å²) < 4.78 is 42.5. The third kappa shape index (κ3) is 4.94.